The van der Waals surface area contributed by atoms with Crippen LogP contribution < -0.4 is 0 Å². The molecule has 1 aromatic carbocycles. The number of carbonyl (C=O) groups is 1. The van der Waals surface area contributed by atoms with E-state index in [1.807, 2.05) is 0 Å². The van der Waals surface area contributed by atoms with Gasteiger partial charge >= 0.3 is 12.1 Å². The summed E-state index contributed by atoms with van der Waals surface area (Å²) in [6.07, 6.45) is -3.36. The summed E-state index contributed by atoms with van der Waals surface area (Å²) in [7, 11) is 2.50. The van der Waals surface area contributed by atoms with Gasteiger partial charge in [-0.2, -0.15) is 13.2 Å². The van der Waals surface area contributed by atoms with Crippen LogP contribution in [0.2, 0.25) is 0 Å². The second-order valence-corrected chi connectivity index (χ2v) is 5.31. The van der Waals surface area contributed by atoms with Crippen LogP contribution in [0.15, 0.2) is 35.6 Å². The van der Waals surface area contributed by atoms with Gasteiger partial charge in [0, 0.05) is 18.2 Å². The number of rotatable bonds is 5. The maximum absolute atomic E-state index is 13.0. The molecule has 0 bridgehead atoms. The fourth-order valence-electron chi connectivity index (χ4n) is 2.25. The summed E-state index contributed by atoms with van der Waals surface area (Å²) < 4.78 is 43.7. The third-order valence-corrected chi connectivity index (χ3v) is 3.42. The fraction of sp³-hybridized carbons (Fsp3) is 0.294. The molecule has 0 atom stereocenters. The average Bonchev–Trinajstić information content (AvgIpc) is 2.60. The van der Waals surface area contributed by atoms with E-state index >= 15 is 0 Å². The number of hydrogen-bond acceptors (Lipinski definition) is 6. The maximum Gasteiger partial charge on any atom is 0.433 e. The molecule has 0 aliphatic rings. The number of hydrogen-bond donors (Lipinski definition) is 0. The predicted molar refractivity (Wildman–Crippen MR) is 87.4 cm³/mol. The van der Waals surface area contributed by atoms with E-state index in [1.165, 1.54) is 21.1 Å². The van der Waals surface area contributed by atoms with Crippen LogP contribution >= 0.6 is 0 Å². The Labute approximate surface area is 147 Å². The smallest absolute Gasteiger partial charge is 0.433 e. The first kappa shape index (κ1) is 19.4. The summed E-state index contributed by atoms with van der Waals surface area (Å²) in [6.45, 7) is 1.30. The number of nitrogens with zero attached hydrogens (tertiary/aromatic N) is 3. The number of ether oxygens (including phenoxy) is 1. The summed E-state index contributed by atoms with van der Waals surface area (Å²) in [6, 6.07) is 6.48. The van der Waals surface area contributed by atoms with Crippen molar-refractivity contribution >= 4 is 11.7 Å². The number of halogens is 3. The summed E-state index contributed by atoms with van der Waals surface area (Å²) in [5, 5.41) is 3.61. The summed E-state index contributed by atoms with van der Waals surface area (Å²) in [4.78, 5) is 23.9. The molecule has 0 saturated carbocycles. The number of benzene rings is 1. The van der Waals surface area contributed by atoms with Crippen LogP contribution in [0.25, 0.3) is 11.4 Å². The molecular weight excluding hydrogens is 351 g/mol. The molecule has 0 spiro atoms. The van der Waals surface area contributed by atoms with Crippen LogP contribution in [0.5, 0.6) is 0 Å². The zero-order valence-electron chi connectivity index (χ0n) is 14.3. The van der Waals surface area contributed by atoms with Gasteiger partial charge in [0.25, 0.3) is 0 Å². The fourth-order valence-corrected chi connectivity index (χ4v) is 2.25. The van der Waals surface area contributed by atoms with Gasteiger partial charge in [0.05, 0.1) is 7.11 Å². The Balaban J connectivity index is 2.38. The van der Waals surface area contributed by atoms with Crippen molar-refractivity contribution in [3.05, 3.63) is 47.3 Å². The van der Waals surface area contributed by atoms with Gasteiger partial charge in [-0.05, 0) is 24.1 Å². The van der Waals surface area contributed by atoms with Crippen molar-refractivity contribution in [2.75, 3.05) is 14.2 Å². The number of alkyl halides is 3. The van der Waals surface area contributed by atoms with E-state index in [9.17, 15) is 18.0 Å². The molecule has 2 rings (SSSR count). The lowest BCUT2D eigenvalue weighted by Gasteiger charge is -2.11. The van der Waals surface area contributed by atoms with Gasteiger partial charge in [0.15, 0.2) is 17.2 Å². The van der Waals surface area contributed by atoms with E-state index in [0.717, 1.165) is 6.20 Å². The predicted octanol–water partition coefficient (Wildman–Crippen LogP) is 3.19. The van der Waals surface area contributed by atoms with Gasteiger partial charge in [-0.15, -0.1) is 0 Å². The lowest BCUT2D eigenvalue weighted by molar-refractivity contribution is -0.141. The van der Waals surface area contributed by atoms with Crippen molar-refractivity contribution < 1.29 is 27.5 Å². The third kappa shape index (κ3) is 4.56. The first-order valence-electron chi connectivity index (χ1n) is 7.44. The highest BCUT2D eigenvalue weighted by Gasteiger charge is 2.35. The van der Waals surface area contributed by atoms with E-state index in [-0.39, 0.29) is 23.5 Å². The molecule has 0 N–H and O–H groups in total. The molecule has 26 heavy (non-hydrogen) atoms. The van der Waals surface area contributed by atoms with Crippen molar-refractivity contribution in [1.82, 2.24) is 9.97 Å². The summed E-state index contributed by atoms with van der Waals surface area (Å²) in [5.74, 6) is -0.726. The number of aromatic nitrogens is 2. The monoisotopic (exact) mass is 367 g/mol. The minimum Gasteiger partial charge on any atom is -0.464 e. The minimum atomic E-state index is -4.57. The highest BCUT2D eigenvalue weighted by Crippen LogP contribution is 2.31. The van der Waals surface area contributed by atoms with Crippen molar-refractivity contribution in [2.45, 2.75) is 19.5 Å². The largest absolute Gasteiger partial charge is 0.464 e. The van der Waals surface area contributed by atoms with Crippen LogP contribution in [-0.2, 0) is 27.0 Å². The Morgan fingerprint density at radius 1 is 1.27 bits per heavy atom. The highest BCUT2D eigenvalue weighted by atomic mass is 19.4. The molecule has 0 aliphatic heterocycles. The minimum absolute atomic E-state index is 0.0213. The molecule has 2 aromatic rings. The number of aryl methyl sites for hydroxylation is 1. The Bertz CT molecular complexity index is 835. The molecule has 9 heteroatoms. The number of carbonyl (C=O) groups excluding carboxylic acids is 1. The van der Waals surface area contributed by atoms with E-state index in [0.29, 0.717) is 11.1 Å². The van der Waals surface area contributed by atoms with E-state index in [2.05, 4.69) is 24.7 Å². The summed E-state index contributed by atoms with van der Waals surface area (Å²) in [5.41, 5.74) is -0.0225. The van der Waals surface area contributed by atoms with Gasteiger partial charge in [0.1, 0.15) is 7.11 Å². The Kier molecular flexibility index (Phi) is 5.91. The zero-order valence-corrected chi connectivity index (χ0v) is 14.3. The van der Waals surface area contributed by atoms with E-state index < -0.39 is 17.8 Å². The zero-order chi connectivity index (χ0) is 19.3. The first-order valence-corrected chi connectivity index (χ1v) is 7.44. The molecule has 0 saturated heterocycles. The van der Waals surface area contributed by atoms with Crippen molar-refractivity contribution in [1.29, 1.82) is 0 Å². The molecule has 6 nitrogen and oxygen atoms in total. The molecule has 1 aromatic heterocycles. The molecule has 138 valence electrons. The first-order chi connectivity index (χ1) is 12.3. The molecule has 1 heterocycles. The van der Waals surface area contributed by atoms with Crippen molar-refractivity contribution in [3.63, 3.8) is 0 Å². The Hall–Kier alpha value is -2.97. The van der Waals surface area contributed by atoms with Gasteiger partial charge in [-0.25, -0.2) is 14.8 Å². The van der Waals surface area contributed by atoms with Gasteiger partial charge in [-0.3, -0.25) is 0 Å². The standard InChI is InChI=1S/C17H16F3N3O3/c1-10-9-21-15(22-14(10)17(18,19)20)12-6-4-5-11(7-12)8-13(23-26-3)16(24)25-2/h4-7,9H,8H2,1-3H3/b23-13-. The highest BCUT2D eigenvalue weighted by molar-refractivity contribution is 6.36. The summed E-state index contributed by atoms with van der Waals surface area (Å²) >= 11 is 0. The Morgan fingerprint density at radius 3 is 2.62 bits per heavy atom. The number of methoxy groups -OCH3 is 1. The van der Waals surface area contributed by atoms with Crippen LogP contribution in [0.4, 0.5) is 13.2 Å². The molecule has 0 radical (unpaired) electrons. The molecule has 0 aliphatic carbocycles. The second kappa shape index (κ2) is 7.94. The van der Waals surface area contributed by atoms with Gasteiger partial charge < -0.3 is 9.57 Å². The molecule has 0 fully saturated rings. The van der Waals surface area contributed by atoms with Crippen LogP contribution in [-0.4, -0.2) is 35.9 Å². The van der Waals surface area contributed by atoms with E-state index in [4.69, 9.17) is 0 Å². The lowest BCUT2D eigenvalue weighted by atomic mass is 10.0. The molecule has 0 amide bonds. The van der Waals surface area contributed by atoms with Crippen LogP contribution in [0.3, 0.4) is 0 Å². The van der Waals surface area contributed by atoms with Crippen molar-refractivity contribution in [2.24, 2.45) is 5.16 Å². The maximum atomic E-state index is 13.0. The van der Waals surface area contributed by atoms with Gasteiger partial charge in [0.2, 0.25) is 0 Å². The number of oxime groups is 1. The van der Waals surface area contributed by atoms with Crippen molar-refractivity contribution in [3.8, 4) is 11.4 Å². The van der Waals surface area contributed by atoms with E-state index in [1.54, 1.807) is 24.3 Å². The number of esters is 1. The third-order valence-electron chi connectivity index (χ3n) is 3.42. The second-order valence-electron chi connectivity index (χ2n) is 5.31. The quantitative estimate of drug-likeness (QED) is 0.461. The topological polar surface area (TPSA) is 73.7 Å². The van der Waals surface area contributed by atoms with Gasteiger partial charge in [-0.1, -0.05) is 23.4 Å². The normalized spacial score (nSPS) is 12.0. The van der Waals surface area contributed by atoms with Crippen LogP contribution in [0.1, 0.15) is 16.8 Å². The molecular formula is C17H16F3N3O3. The molecule has 0 unspecified atom stereocenters. The average molecular weight is 367 g/mol. The van der Waals surface area contributed by atoms with Crippen LogP contribution in [0, 0.1) is 6.92 Å². The lowest BCUT2D eigenvalue weighted by Crippen LogP contribution is -2.18. The Morgan fingerprint density at radius 2 is 2.00 bits per heavy atom. The SMILES string of the molecule is CO/N=C(/Cc1cccc(-c2ncc(C)c(C(F)(F)F)n2)c1)C(=O)OC.